The van der Waals surface area contributed by atoms with Gasteiger partial charge in [-0.1, -0.05) is 32.4 Å². The van der Waals surface area contributed by atoms with E-state index < -0.39 is 0 Å². The van der Waals surface area contributed by atoms with Crippen LogP contribution in [0, 0.1) is 5.92 Å². The summed E-state index contributed by atoms with van der Waals surface area (Å²) in [6.07, 6.45) is 2.28. The van der Waals surface area contributed by atoms with Crippen LogP contribution in [0.4, 0.5) is 0 Å². The zero-order chi connectivity index (χ0) is 11.3. The molecule has 1 aromatic rings. The number of rotatable bonds is 6. The van der Waals surface area contributed by atoms with Crippen LogP contribution in [0.15, 0.2) is 12.1 Å². The Bertz CT molecular complexity index is 283. The molecule has 1 unspecified atom stereocenters. The molecule has 0 aromatic carbocycles. The largest absolute Gasteiger partial charge is 0.313 e. The van der Waals surface area contributed by atoms with Crippen molar-refractivity contribution in [2.45, 2.75) is 39.7 Å². The molecule has 3 heteroatoms. The molecule has 1 rings (SSSR count). The summed E-state index contributed by atoms with van der Waals surface area (Å²) < 4.78 is 0.890. The maximum absolute atomic E-state index is 5.88. The van der Waals surface area contributed by atoms with Crippen molar-refractivity contribution in [2.75, 3.05) is 6.54 Å². The lowest BCUT2D eigenvalue weighted by Crippen LogP contribution is -2.34. The summed E-state index contributed by atoms with van der Waals surface area (Å²) in [6.45, 7) is 7.82. The van der Waals surface area contributed by atoms with Crippen LogP contribution in [0.25, 0.3) is 0 Å². The van der Waals surface area contributed by atoms with Gasteiger partial charge >= 0.3 is 0 Å². The highest BCUT2D eigenvalue weighted by Crippen LogP contribution is 2.21. The van der Waals surface area contributed by atoms with E-state index in [9.17, 15) is 0 Å². The summed E-state index contributed by atoms with van der Waals surface area (Å²) in [5, 5.41) is 3.59. The van der Waals surface area contributed by atoms with Crippen LogP contribution in [0.2, 0.25) is 4.34 Å². The predicted molar refractivity (Wildman–Crippen MR) is 70.0 cm³/mol. The average molecular weight is 246 g/mol. The molecule has 0 fully saturated rings. The fourth-order valence-electron chi connectivity index (χ4n) is 1.72. The molecule has 0 saturated carbocycles. The Balaban J connectivity index is 2.26. The van der Waals surface area contributed by atoms with Gasteiger partial charge in [0.1, 0.15) is 0 Å². The summed E-state index contributed by atoms with van der Waals surface area (Å²) in [6, 6.07) is 4.73. The minimum atomic E-state index is 0.639. The molecule has 0 aliphatic rings. The molecular weight excluding hydrogens is 226 g/mol. The quantitative estimate of drug-likeness (QED) is 0.800. The first-order valence-electron chi connectivity index (χ1n) is 5.61. The predicted octanol–water partition coefficient (Wildman–Crippen LogP) is 3.97. The second kappa shape index (κ2) is 6.51. The molecule has 0 saturated heterocycles. The van der Waals surface area contributed by atoms with Gasteiger partial charge in [-0.3, -0.25) is 0 Å². The van der Waals surface area contributed by atoms with E-state index in [-0.39, 0.29) is 0 Å². The topological polar surface area (TPSA) is 12.0 Å². The Morgan fingerprint density at radius 2 is 2.13 bits per heavy atom. The zero-order valence-corrected chi connectivity index (χ0v) is 11.3. The minimum absolute atomic E-state index is 0.639. The van der Waals surface area contributed by atoms with Gasteiger partial charge in [0.15, 0.2) is 0 Å². The van der Waals surface area contributed by atoms with Gasteiger partial charge in [0, 0.05) is 17.5 Å². The Kier molecular flexibility index (Phi) is 5.65. The first-order chi connectivity index (χ1) is 7.13. The molecule has 15 heavy (non-hydrogen) atoms. The van der Waals surface area contributed by atoms with Gasteiger partial charge in [0.05, 0.1) is 4.34 Å². The van der Waals surface area contributed by atoms with Crippen LogP contribution >= 0.6 is 22.9 Å². The minimum Gasteiger partial charge on any atom is -0.313 e. The Morgan fingerprint density at radius 1 is 1.40 bits per heavy atom. The molecule has 0 bridgehead atoms. The van der Waals surface area contributed by atoms with E-state index in [1.165, 1.54) is 11.3 Å². The number of hydrogen-bond acceptors (Lipinski definition) is 2. The summed E-state index contributed by atoms with van der Waals surface area (Å²) in [5.74, 6) is 0.710. The highest BCUT2D eigenvalue weighted by Gasteiger charge is 2.09. The van der Waals surface area contributed by atoms with Crippen molar-refractivity contribution in [3.05, 3.63) is 21.3 Å². The molecule has 0 radical (unpaired) electrons. The second-order valence-corrected chi connectivity index (χ2v) is 5.97. The normalized spacial score (nSPS) is 13.4. The second-order valence-electron chi connectivity index (χ2n) is 4.17. The molecule has 1 heterocycles. The fraction of sp³-hybridized carbons (Fsp3) is 0.667. The van der Waals surface area contributed by atoms with Crippen LogP contribution in [0.5, 0.6) is 0 Å². The van der Waals surface area contributed by atoms with Crippen LogP contribution in [0.3, 0.4) is 0 Å². The van der Waals surface area contributed by atoms with Gasteiger partial charge in [0.25, 0.3) is 0 Å². The van der Waals surface area contributed by atoms with E-state index in [1.54, 1.807) is 11.3 Å². The number of hydrogen-bond donors (Lipinski definition) is 1. The first-order valence-corrected chi connectivity index (χ1v) is 6.80. The third-order valence-electron chi connectivity index (χ3n) is 2.65. The van der Waals surface area contributed by atoms with Crippen molar-refractivity contribution in [1.29, 1.82) is 0 Å². The lowest BCUT2D eigenvalue weighted by Gasteiger charge is -2.20. The van der Waals surface area contributed by atoms with Crippen molar-refractivity contribution < 1.29 is 0 Å². The summed E-state index contributed by atoms with van der Waals surface area (Å²) in [5.41, 5.74) is 0. The molecule has 1 atom stereocenters. The summed E-state index contributed by atoms with van der Waals surface area (Å²) in [4.78, 5) is 1.37. The van der Waals surface area contributed by atoms with E-state index in [0.717, 1.165) is 17.3 Å². The van der Waals surface area contributed by atoms with Crippen molar-refractivity contribution in [2.24, 2.45) is 5.92 Å². The van der Waals surface area contributed by atoms with E-state index in [2.05, 4.69) is 32.2 Å². The van der Waals surface area contributed by atoms with Crippen LogP contribution < -0.4 is 5.32 Å². The number of thiophene rings is 1. The van der Waals surface area contributed by atoms with Gasteiger partial charge in [-0.05, 0) is 30.9 Å². The van der Waals surface area contributed by atoms with Crippen molar-refractivity contribution in [1.82, 2.24) is 5.32 Å². The maximum atomic E-state index is 5.88. The molecule has 1 N–H and O–H groups in total. The smallest absolute Gasteiger partial charge is 0.0931 e. The van der Waals surface area contributed by atoms with Gasteiger partial charge in [0.2, 0.25) is 0 Å². The molecule has 86 valence electrons. The monoisotopic (exact) mass is 245 g/mol. The number of halogens is 1. The molecule has 0 aliphatic heterocycles. The zero-order valence-electron chi connectivity index (χ0n) is 9.72. The fourth-order valence-corrected chi connectivity index (χ4v) is 2.81. The SMILES string of the molecule is CCC(NCCc1ccc(Cl)s1)C(C)C. The third kappa shape index (κ3) is 4.54. The molecule has 0 amide bonds. The van der Waals surface area contributed by atoms with Gasteiger partial charge in [-0.15, -0.1) is 11.3 Å². The van der Waals surface area contributed by atoms with E-state index >= 15 is 0 Å². The lowest BCUT2D eigenvalue weighted by molar-refractivity contribution is 0.392. The molecular formula is C12H20ClNS. The van der Waals surface area contributed by atoms with E-state index in [4.69, 9.17) is 11.6 Å². The lowest BCUT2D eigenvalue weighted by atomic mass is 10.0. The average Bonchev–Trinajstić information content (AvgIpc) is 2.58. The molecule has 1 nitrogen and oxygen atoms in total. The van der Waals surface area contributed by atoms with Crippen molar-refractivity contribution >= 4 is 22.9 Å². The van der Waals surface area contributed by atoms with Crippen LogP contribution in [-0.4, -0.2) is 12.6 Å². The molecule has 0 spiro atoms. The standard InChI is InChI=1S/C12H20ClNS/c1-4-11(9(2)3)14-8-7-10-5-6-12(13)15-10/h5-6,9,11,14H,4,7-8H2,1-3H3. The van der Waals surface area contributed by atoms with E-state index in [0.29, 0.717) is 12.0 Å². The summed E-state index contributed by atoms with van der Waals surface area (Å²) >= 11 is 7.56. The molecule has 0 aliphatic carbocycles. The van der Waals surface area contributed by atoms with Gasteiger partial charge in [-0.25, -0.2) is 0 Å². The maximum Gasteiger partial charge on any atom is 0.0931 e. The van der Waals surface area contributed by atoms with Gasteiger partial charge in [-0.2, -0.15) is 0 Å². The third-order valence-corrected chi connectivity index (χ3v) is 3.94. The highest BCUT2D eigenvalue weighted by molar-refractivity contribution is 7.16. The van der Waals surface area contributed by atoms with Crippen LogP contribution in [0.1, 0.15) is 32.1 Å². The number of nitrogens with one attached hydrogen (secondary N) is 1. The Morgan fingerprint density at radius 3 is 2.60 bits per heavy atom. The molecule has 1 aromatic heterocycles. The van der Waals surface area contributed by atoms with Crippen LogP contribution in [-0.2, 0) is 6.42 Å². The van der Waals surface area contributed by atoms with E-state index in [1.807, 2.05) is 6.07 Å². The Labute approximate surface area is 102 Å². The Hall–Kier alpha value is -0.0500. The van der Waals surface area contributed by atoms with Gasteiger partial charge < -0.3 is 5.32 Å². The highest BCUT2D eigenvalue weighted by atomic mass is 35.5. The van der Waals surface area contributed by atoms with Crippen molar-refractivity contribution in [3.63, 3.8) is 0 Å². The van der Waals surface area contributed by atoms with Crippen molar-refractivity contribution in [3.8, 4) is 0 Å². The first kappa shape index (κ1) is 13.0. The summed E-state index contributed by atoms with van der Waals surface area (Å²) in [7, 11) is 0.